The van der Waals surface area contributed by atoms with Crippen molar-refractivity contribution in [2.45, 2.75) is 13.3 Å². The Morgan fingerprint density at radius 3 is 2.21 bits per heavy atom. The molecule has 0 aliphatic carbocycles. The van der Waals surface area contributed by atoms with Gasteiger partial charge in [0.1, 0.15) is 17.3 Å². The number of ether oxygens (including phenoxy) is 2. The number of aryl methyl sites for hydroxylation is 1. The van der Waals surface area contributed by atoms with Crippen molar-refractivity contribution >= 4 is 17.5 Å². The highest BCUT2D eigenvalue weighted by molar-refractivity contribution is 5.90. The van der Waals surface area contributed by atoms with Crippen molar-refractivity contribution in [3.63, 3.8) is 0 Å². The van der Waals surface area contributed by atoms with E-state index in [1.165, 1.54) is 5.56 Å². The van der Waals surface area contributed by atoms with Gasteiger partial charge in [-0.2, -0.15) is 0 Å². The molecule has 0 fully saturated rings. The molecule has 3 rings (SSSR count). The van der Waals surface area contributed by atoms with E-state index in [4.69, 9.17) is 9.47 Å². The summed E-state index contributed by atoms with van der Waals surface area (Å²) in [4.78, 5) is 12.0. The molecule has 150 valence electrons. The number of nitrogens with one attached hydrogen (secondary N) is 2. The summed E-state index contributed by atoms with van der Waals surface area (Å²) in [5.41, 5.74) is 2.33. The van der Waals surface area contributed by atoms with Crippen LogP contribution in [0, 0.1) is 6.92 Å². The maximum atomic E-state index is 12.0. The van der Waals surface area contributed by atoms with E-state index in [1.807, 2.05) is 55.5 Å². The van der Waals surface area contributed by atoms with Crippen molar-refractivity contribution in [1.29, 1.82) is 0 Å². The second-order valence-corrected chi connectivity index (χ2v) is 6.48. The first-order chi connectivity index (χ1) is 14.1. The summed E-state index contributed by atoms with van der Waals surface area (Å²) in [6.45, 7) is 2.62. The van der Waals surface area contributed by atoms with Gasteiger partial charge in [0.15, 0.2) is 12.4 Å². The molecule has 0 aliphatic rings. The largest absolute Gasteiger partial charge is 0.497 e. The Bertz CT molecular complexity index is 910. The summed E-state index contributed by atoms with van der Waals surface area (Å²) in [7, 11) is 1.65. The van der Waals surface area contributed by atoms with Crippen LogP contribution in [0.1, 0.15) is 11.1 Å². The van der Waals surface area contributed by atoms with Gasteiger partial charge in [0.25, 0.3) is 5.91 Å². The second-order valence-electron chi connectivity index (χ2n) is 6.48. The molecule has 0 spiro atoms. The number of aromatic nitrogens is 2. The number of amides is 1. The van der Waals surface area contributed by atoms with E-state index in [2.05, 4.69) is 20.8 Å². The average molecular weight is 392 g/mol. The normalized spacial score (nSPS) is 10.3. The van der Waals surface area contributed by atoms with Crippen molar-refractivity contribution in [2.75, 3.05) is 30.9 Å². The fourth-order valence-corrected chi connectivity index (χ4v) is 2.58. The number of hydrogen-bond acceptors (Lipinski definition) is 6. The minimum Gasteiger partial charge on any atom is -0.497 e. The number of rotatable bonds is 9. The summed E-state index contributed by atoms with van der Waals surface area (Å²) >= 11 is 0. The van der Waals surface area contributed by atoms with E-state index in [-0.39, 0.29) is 12.5 Å². The SMILES string of the molecule is COc1ccc(CCNc2ccc(NC(=O)COc3ccc(C)cc3)nn2)cc1. The number of carbonyl (C=O) groups excluding carboxylic acids is 1. The molecule has 7 heteroatoms. The highest BCUT2D eigenvalue weighted by Gasteiger charge is 2.06. The van der Waals surface area contributed by atoms with Crippen molar-refractivity contribution in [3.8, 4) is 11.5 Å². The van der Waals surface area contributed by atoms with Gasteiger partial charge in [-0.25, -0.2) is 0 Å². The van der Waals surface area contributed by atoms with Crippen molar-refractivity contribution < 1.29 is 14.3 Å². The van der Waals surface area contributed by atoms with Crippen molar-refractivity contribution in [1.82, 2.24) is 10.2 Å². The first kappa shape index (κ1) is 20.1. The number of nitrogens with zero attached hydrogens (tertiary/aromatic N) is 2. The van der Waals surface area contributed by atoms with E-state index in [9.17, 15) is 4.79 Å². The first-order valence-corrected chi connectivity index (χ1v) is 9.32. The molecule has 0 atom stereocenters. The van der Waals surface area contributed by atoms with Crippen molar-refractivity contribution in [3.05, 3.63) is 71.8 Å². The smallest absolute Gasteiger partial charge is 0.263 e. The third-order valence-electron chi connectivity index (χ3n) is 4.20. The van der Waals surface area contributed by atoms with E-state index < -0.39 is 0 Å². The Labute approximate surface area is 170 Å². The molecular weight excluding hydrogens is 368 g/mol. The standard InChI is InChI=1S/C22H24N4O3/c1-16-3-7-19(8-4-16)29-15-22(27)24-21-12-11-20(25-26-21)23-14-13-17-5-9-18(28-2)10-6-17/h3-12H,13-15H2,1-2H3,(H,23,25)(H,24,26,27). The van der Waals surface area contributed by atoms with Gasteiger partial charge in [0.2, 0.25) is 0 Å². The molecule has 0 radical (unpaired) electrons. The van der Waals surface area contributed by atoms with Crippen LogP contribution in [0.25, 0.3) is 0 Å². The van der Waals surface area contributed by atoms with E-state index in [1.54, 1.807) is 19.2 Å². The lowest BCUT2D eigenvalue weighted by molar-refractivity contribution is -0.118. The van der Waals surface area contributed by atoms with E-state index in [0.717, 1.165) is 24.3 Å². The van der Waals surface area contributed by atoms with Crippen LogP contribution in [0.2, 0.25) is 0 Å². The molecule has 0 saturated heterocycles. The Hall–Kier alpha value is -3.61. The van der Waals surface area contributed by atoms with Crippen LogP contribution in [0.5, 0.6) is 11.5 Å². The molecule has 1 aromatic heterocycles. The molecule has 0 bridgehead atoms. The quantitative estimate of drug-likeness (QED) is 0.580. The zero-order valence-electron chi connectivity index (χ0n) is 16.5. The molecule has 1 amide bonds. The lowest BCUT2D eigenvalue weighted by Crippen LogP contribution is -2.21. The highest BCUT2D eigenvalue weighted by Crippen LogP contribution is 2.13. The fraction of sp³-hybridized carbons (Fsp3) is 0.227. The second kappa shape index (κ2) is 10.1. The molecule has 29 heavy (non-hydrogen) atoms. The Kier molecular flexibility index (Phi) is 7.00. The Balaban J connectivity index is 1.40. The van der Waals surface area contributed by atoms with Crippen LogP contribution in [-0.2, 0) is 11.2 Å². The summed E-state index contributed by atoms with van der Waals surface area (Å²) < 4.78 is 10.6. The van der Waals surface area contributed by atoms with Gasteiger partial charge in [-0.05, 0) is 55.3 Å². The molecule has 0 saturated carbocycles. The zero-order chi connectivity index (χ0) is 20.5. The van der Waals surface area contributed by atoms with Gasteiger partial charge in [-0.3, -0.25) is 4.79 Å². The third kappa shape index (κ3) is 6.49. The number of benzene rings is 2. The summed E-state index contributed by atoms with van der Waals surface area (Å²) in [6.07, 6.45) is 0.848. The van der Waals surface area contributed by atoms with Crippen LogP contribution in [0.3, 0.4) is 0 Å². The van der Waals surface area contributed by atoms with Gasteiger partial charge in [0, 0.05) is 6.54 Å². The number of hydrogen-bond donors (Lipinski definition) is 2. The van der Waals surface area contributed by atoms with Gasteiger partial charge in [-0.15, -0.1) is 10.2 Å². The maximum Gasteiger partial charge on any atom is 0.263 e. The van der Waals surface area contributed by atoms with Gasteiger partial charge >= 0.3 is 0 Å². The summed E-state index contributed by atoms with van der Waals surface area (Å²) in [5, 5.41) is 14.0. The highest BCUT2D eigenvalue weighted by atomic mass is 16.5. The predicted molar refractivity (Wildman–Crippen MR) is 113 cm³/mol. The minimum atomic E-state index is -0.292. The summed E-state index contributed by atoms with van der Waals surface area (Å²) in [6, 6.07) is 18.9. The van der Waals surface area contributed by atoms with Crippen LogP contribution in [0.4, 0.5) is 11.6 Å². The molecule has 0 unspecified atom stereocenters. The van der Waals surface area contributed by atoms with Crippen LogP contribution in [0.15, 0.2) is 60.7 Å². The molecule has 7 nitrogen and oxygen atoms in total. The topological polar surface area (TPSA) is 85.4 Å². The zero-order valence-corrected chi connectivity index (χ0v) is 16.5. The number of anilines is 2. The maximum absolute atomic E-state index is 12.0. The van der Waals surface area contributed by atoms with Gasteiger partial charge < -0.3 is 20.1 Å². The van der Waals surface area contributed by atoms with E-state index >= 15 is 0 Å². The number of carbonyl (C=O) groups is 1. The predicted octanol–water partition coefficient (Wildman–Crippen LogP) is 3.47. The van der Waals surface area contributed by atoms with Crippen LogP contribution < -0.4 is 20.1 Å². The average Bonchev–Trinajstić information content (AvgIpc) is 2.75. The lowest BCUT2D eigenvalue weighted by atomic mass is 10.1. The van der Waals surface area contributed by atoms with E-state index in [0.29, 0.717) is 17.4 Å². The lowest BCUT2D eigenvalue weighted by Gasteiger charge is -2.08. The Morgan fingerprint density at radius 2 is 1.55 bits per heavy atom. The first-order valence-electron chi connectivity index (χ1n) is 9.32. The summed E-state index contributed by atoms with van der Waals surface area (Å²) in [5.74, 6) is 2.22. The molecule has 2 aromatic carbocycles. The molecule has 1 heterocycles. The monoisotopic (exact) mass is 392 g/mol. The van der Waals surface area contributed by atoms with Crippen molar-refractivity contribution in [2.24, 2.45) is 0 Å². The van der Waals surface area contributed by atoms with Crippen LogP contribution in [-0.4, -0.2) is 36.4 Å². The van der Waals surface area contributed by atoms with Gasteiger partial charge in [0.05, 0.1) is 7.11 Å². The number of methoxy groups -OCH3 is 1. The minimum absolute atomic E-state index is 0.0907. The molecule has 3 aromatic rings. The molecule has 2 N–H and O–H groups in total. The fourth-order valence-electron chi connectivity index (χ4n) is 2.58. The molecular formula is C22H24N4O3. The third-order valence-corrected chi connectivity index (χ3v) is 4.20. The van der Waals surface area contributed by atoms with Crippen LogP contribution >= 0.6 is 0 Å². The van der Waals surface area contributed by atoms with Gasteiger partial charge in [-0.1, -0.05) is 29.8 Å². The Morgan fingerprint density at radius 1 is 0.897 bits per heavy atom. The molecule has 0 aliphatic heterocycles.